The van der Waals surface area contributed by atoms with E-state index in [2.05, 4.69) is 10.3 Å². The van der Waals surface area contributed by atoms with Crippen molar-refractivity contribution in [3.8, 4) is 22.8 Å². The molecule has 0 saturated heterocycles. The van der Waals surface area contributed by atoms with Gasteiger partial charge in [-0.3, -0.25) is 4.79 Å². The molecule has 0 saturated carbocycles. The molecule has 1 unspecified atom stereocenters. The quantitative estimate of drug-likeness (QED) is 0.466. The van der Waals surface area contributed by atoms with Gasteiger partial charge in [0.1, 0.15) is 35.7 Å². The van der Waals surface area contributed by atoms with Crippen LogP contribution < -0.4 is 15.0 Å². The molecule has 0 aliphatic rings. The van der Waals surface area contributed by atoms with Crippen molar-refractivity contribution in [1.82, 2.24) is 14.9 Å². The predicted molar refractivity (Wildman–Crippen MR) is 115 cm³/mol. The van der Waals surface area contributed by atoms with Gasteiger partial charge in [0, 0.05) is 5.56 Å². The monoisotopic (exact) mass is 421 g/mol. The molecule has 8 nitrogen and oxygen atoms in total. The highest BCUT2D eigenvalue weighted by atomic mass is 16.5. The number of aryl methyl sites for hydroxylation is 1. The molecule has 0 spiro atoms. The summed E-state index contributed by atoms with van der Waals surface area (Å²) in [6.45, 7) is 4.20. The summed E-state index contributed by atoms with van der Waals surface area (Å²) >= 11 is 0. The average molecular weight is 421 g/mol. The Morgan fingerprint density at radius 3 is 2.42 bits per heavy atom. The molecule has 0 fully saturated rings. The van der Waals surface area contributed by atoms with Gasteiger partial charge in [0.25, 0.3) is 5.56 Å². The summed E-state index contributed by atoms with van der Waals surface area (Å²) in [5, 5.41) is 19.5. The minimum Gasteiger partial charge on any atom is -0.494 e. The minimum absolute atomic E-state index is 0.00134. The molecule has 0 radical (unpaired) electrons. The molecule has 0 bridgehead atoms. The van der Waals surface area contributed by atoms with Gasteiger partial charge < -0.3 is 19.1 Å². The van der Waals surface area contributed by atoms with E-state index < -0.39 is 11.7 Å². The van der Waals surface area contributed by atoms with Crippen LogP contribution in [0.15, 0.2) is 63.9 Å². The Hall–Kier alpha value is -3.65. The number of aliphatic hydroxyl groups is 1. The predicted octanol–water partition coefficient (Wildman–Crippen LogP) is 3.20. The Labute approximate surface area is 178 Å². The van der Waals surface area contributed by atoms with E-state index in [1.54, 1.807) is 31.2 Å². The molecule has 31 heavy (non-hydrogen) atoms. The lowest BCUT2D eigenvalue weighted by atomic mass is 10.1. The first-order chi connectivity index (χ1) is 15.1. The van der Waals surface area contributed by atoms with Gasteiger partial charge in [-0.2, -0.15) is 5.10 Å². The molecule has 2 heterocycles. The Morgan fingerprint density at radius 1 is 1.06 bits per heavy atom. The van der Waals surface area contributed by atoms with Crippen molar-refractivity contribution in [2.45, 2.75) is 26.5 Å². The van der Waals surface area contributed by atoms with Crippen LogP contribution in [0.4, 0.5) is 0 Å². The molecule has 0 amide bonds. The highest BCUT2D eigenvalue weighted by Crippen LogP contribution is 2.27. The second-order valence-electron chi connectivity index (χ2n) is 7.03. The molecule has 0 aliphatic carbocycles. The Kier molecular flexibility index (Phi) is 5.99. The van der Waals surface area contributed by atoms with E-state index in [1.165, 1.54) is 4.68 Å². The third kappa shape index (κ3) is 4.44. The van der Waals surface area contributed by atoms with Crippen molar-refractivity contribution in [2.75, 3.05) is 13.2 Å². The number of aromatic nitrogens is 3. The minimum atomic E-state index is -0.953. The van der Waals surface area contributed by atoms with Crippen LogP contribution in [0.5, 0.6) is 11.5 Å². The van der Waals surface area contributed by atoms with Crippen LogP contribution in [0.3, 0.4) is 0 Å². The lowest BCUT2D eigenvalue weighted by Crippen LogP contribution is -2.32. The van der Waals surface area contributed by atoms with Crippen molar-refractivity contribution in [3.63, 3.8) is 0 Å². The zero-order chi connectivity index (χ0) is 21.8. The normalized spacial score (nSPS) is 12.1. The number of hydrogen-bond donors (Lipinski definition) is 1. The van der Waals surface area contributed by atoms with Crippen molar-refractivity contribution in [2.24, 2.45) is 0 Å². The summed E-state index contributed by atoms with van der Waals surface area (Å²) in [6, 6.07) is 16.6. The zero-order valence-corrected chi connectivity index (χ0v) is 17.3. The van der Waals surface area contributed by atoms with E-state index in [9.17, 15) is 9.90 Å². The smallest absolute Gasteiger partial charge is 0.296 e. The largest absolute Gasteiger partial charge is 0.494 e. The Bertz CT molecular complexity index is 1220. The molecule has 4 rings (SSSR count). The molecular weight excluding hydrogens is 398 g/mol. The van der Waals surface area contributed by atoms with E-state index in [4.69, 9.17) is 14.0 Å². The molecular formula is C23H23N3O5. The highest BCUT2D eigenvalue weighted by Gasteiger charge is 2.20. The van der Waals surface area contributed by atoms with Gasteiger partial charge in [-0.15, -0.1) is 0 Å². The number of fused-ring (bicyclic) bond motifs is 1. The van der Waals surface area contributed by atoms with Crippen molar-refractivity contribution >= 4 is 10.9 Å². The summed E-state index contributed by atoms with van der Waals surface area (Å²) in [5.74, 6) is 1.86. The second-order valence-corrected chi connectivity index (χ2v) is 7.03. The van der Waals surface area contributed by atoms with Crippen LogP contribution in [0, 0.1) is 6.92 Å². The molecule has 4 aromatic rings. The number of benzene rings is 2. The maximum atomic E-state index is 12.8. The fourth-order valence-electron chi connectivity index (χ4n) is 3.30. The van der Waals surface area contributed by atoms with Gasteiger partial charge in [-0.05, 0) is 38.1 Å². The summed E-state index contributed by atoms with van der Waals surface area (Å²) in [4.78, 5) is 12.8. The standard InChI is InChI=1S/C23H23N3O5/c1-3-29-18-9-11-19(12-10-18)30-14-17(27)13-26-23(28)22-20(15(2)31-25-22)21(24-26)16-7-5-4-6-8-16/h4-12,17,27H,3,13-14H2,1-2H3. The van der Waals surface area contributed by atoms with E-state index in [-0.39, 0.29) is 18.7 Å². The van der Waals surface area contributed by atoms with Crippen LogP contribution in [0.25, 0.3) is 22.2 Å². The third-order valence-electron chi connectivity index (χ3n) is 4.77. The molecule has 1 N–H and O–H groups in total. The maximum Gasteiger partial charge on any atom is 0.296 e. The number of hydrogen-bond acceptors (Lipinski definition) is 7. The number of nitrogens with zero attached hydrogens (tertiary/aromatic N) is 3. The Morgan fingerprint density at radius 2 is 1.74 bits per heavy atom. The lowest BCUT2D eigenvalue weighted by Gasteiger charge is -2.14. The van der Waals surface area contributed by atoms with Gasteiger partial charge >= 0.3 is 0 Å². The zero-order valence-electron chi connectivity index (χ0n) is 17.3. The number of ether oxygens (including phenoxy) is 2. The van der Waals surface area contributed by atoms with E-state index in [0.29, 0.717) is 29.2 Å². The van der Waals surface area contributed by atoms with Crippen LogP contribution in [-0.4, -0.2) is 39.4 Å². The van der Waals surface area contributed by atoms with Crippen LogP contribution in [-0.2, 0) is 6.54 Å². The maximum absolute atomic E-state index is 12.8. The fraction of sp³-hybridized carbons (Fsp3) is 0.261. The summed E-state index contributed by atoms with van der Waals surface area (Å²) < 4.78 is 17.5. The molecule has 160 valence electrons. The topological polar surface area (TPSA) is 99.6 Å². The van der Waals surface area contributed by atoms with E-state index in [1.807, 2.05) is 37.3 Å². The van der Waals surface area contributed by atoms with Crippen LogP contribution >= 0.6 is 0 Å². The van der Waals surface area contributed by atoms with Crippen molar-refractivity contribution in [1.29, 1.82) is 0 Å². The van der Waals surface area contributed by atoms with Crippen LogP contribution in [0.1, 0.15) is 12.7 Å². The average Bonchev–Trinajstić information content (AvgIpc) is 3.18. The first kappa shape index (κ1) is 20.6. The van der Waals surface area contributed by atoms with Gasteiger partial charge in [0.15, 0.2) is 5.52 Å². The molecule has 1 atom stereocenters. The summed E-state index contributed by atoms with van der Waals surface area (Å²) in [5.41, 5.74) is 1.17. The van der Waals surface area contributed by atoms with E-state index >= 15 is 0 Å². The first-order valence-electron chi connectivity index (χ1n) is 10.0. The van der Waals surface area contributed by atoms with Crippen molar-refractivity contribution < 1.29 is 19.1 Å². The third-order valence-corrected chi connectivity index (χ3v) is 4.77. The van der Waals surface area contributed by atoms with Gasteiger partial charge in [-0.25, -0.2) is 4.68 Å². The molecule has 2 aromatic heterocycles. The van der Waals surface area contributed by atoms with E-state index in [0.717, 1.165) is 11.3 Å². The van der Waals surface area contributed by atoms with Crippen LogP contribution in [0.2, 0.25) is 0 Å². The summed E-state index contributed by atoms with van der Waals surface area (Å²) in [7, 11) is 0. The Balaban J connectivity index is 1.55. The SMILES string of the molecule is CCOc1ccc(OCC(O)Cn2nc(-c3ccccc3)c3c(C)onc3c2=O)cc1. The number of rotatable bonds is 8. The van der Waals surface area contributed by atoms with Gasteiger partial charge in [0.05, 0.1) is 18.5 Å². The van der Waals surface area contributed by atoms with Gasteiger partial charge in [-0.1, -0.05) is 35.5 Å². The molecule has 2 aromatic carbocycles. The van der Waals surface area contributed by atoms with Gasteiger partial charge in [0.2, 0.25) is 0 Å². The molecule has 0 aliphatic heterocycles. The first-order valence-corrected chi connectivity index (χ1v) is 10.0. The van der Waals surface area contributed by atoms with Crippen molar-refractivity contribution in [3.05, 3.63) is 70.7 Å². The second kappa shape index (κ2) is 9.01. The highest BCUT2D eigenvalue weighted by molar-refractivity contribution is 5.92. The molecule has 8 heteroatoms. The summed E-state index contributed by atoms with van der Waals surface area (Å²) in [6.07, 6.45) is -0.953. The number of aliphatic hydroxyl groups excluding tert-OH is 1. The fourth-order valence-corrected chi connectivity index (χ4v) is 3.30. The lowest BCUT2D eigenvalue weighted by molar-refractivity contribution is 0.0882.